The molecule has 0 aliphatic heterocycles. The van der Waals surface area contributed by atoms with Gasteiger partial charge in [-0.2, -0.15) is 0 Å². The van der Waals surface area contributed by atoms with Crippen LogP contribution in [-0.2, 0) is 11.2 Å². The van der Waals surface area contributed by atoms with Crippen molar-refractivity contribution >= 4 is 5.91 Å². The van der Waals surface area contributed by atoms with Crippen molar-refractivity contribution in [2.45, 2.75) is 44.2 Å². The summed E-state index contributed by atoms with van der Waals surface area (Å²) in [5.74, 6) is -0.0410. The first-order chi connectivity index (χ1) is 8.49. The number of carbonyl (C=O) groups is 1. The van der Waals surface area contributed by atoms with Crippen LogP contribution in [0.2, 0.25) is 0 Å². The molecule has 4 heteroatoms. The van der Waals surface area contributed by atoms with Gasteiger partial charge in [-0.15, -0.1) is 0 Å². The van der Waals surface area contributed by atoms with Crippen molar-refractivity contribution in [1.29, 1.82) is 0 Å². The van der Waals surface area contributed by atoms with Gasteiger partial charge in [0.25, 0.3) is 0 Å². The van der Waals surface area contributed by atoms with Crippen LogP contribution >= 0.6 is 0 Å². The van der Waals surface area contributed by atoms with Crippen LogP contribution in [0.3, 0.4) is 0 Å². The minimum absolute atomic E-state index is 0.257. The molecule has 1 atom stereocenters. The molecule has 0 radical (unpaired) electrons. The van der Waals surface area contributed by atoms with Crippen molar-refractivity contribution in [1.82, 2.24) is 5.32 Å². The number of aromatic hydroxyl groups is 1. The number of phenolic OH excluding ortho intramolecular Hbond substituents is 1. The van der Waals surface area contributed by atoms with Crippen LogP contribution in [0.4, 0.5) is 0 Å². The highest BCUT2D eigenvalue weighted by Crippen LogP contribution is 2.25. The first-order valence-corrected chi connectivity index (χ1v) is 6.35. The van der Waals surface area contributed by atoms with Crippen LogP contribution in [0.1, 0.15) is 31.7 Å². The van der Waals surface area contributed by atoms with Crippen LogP contribution in [-0.4, -0.2) is 22.6 Å². The van der Waals surface area contributed by atoms with E-state index in [0.29, 0.717) is 12.5 Å². The quantitative estimate of drug-likeness (QED) is 0.710. The Hall–Kier alpha value is -1.55. The zero-order chi connectivity index (χ0) is 13.2. The molecular formula is C14H20N2O2. The highest BCUT2D eigenvalue weighted by Gasteiger charge is 2.36. The van der Waals surface area contributed by atoms with E-state index in [0.717, 1.165) is 24.8 Å². The molecule has 1 aliphatic rings. The molecule has 98 valence electrons. The van der Waals surface area contributed by atoms with E-state index in [4.69, 9.17) is 5.73 Å². The van der Waals surface area contributed by atoms with Gasteiger partial charge in [0.2, 0.25) is 5.91 Å². The van der Waals surface area contributed by atoms with Crippen LogP contribution in [0.25, 0.3) is 0 Å². The second kappa shape index (κ2) is 4.98. The lowest BCUT2D eigenvalue weighted by molar-refractivity contribution is -0.124. The molecule has 18 heavy (non-hydrogen) atoms. The van der Waals surface area contributed by atoms with Gasteiger partial charge >= 0.3 is 0 Å². The molecule has 0 spiro atoms. The van der Waals surface area contributed by atoms with Crippen molar-refractivity contribution in [3.05, 3.63) is 29.8 Å². The van der Waals surface area contributed by atoms with E-state index < -0.39 is 5.54 Å². The van der Waals surface area contributed by atoms with Gasteiger partial charge in [0.05, 0.1) is 5.54 Å². The fourth-order valence-electron chi connectivity index (χ4n) is 2.00. The van der Waals surface area contributed by atoms with Gasteiger partial charge in [-0.05, 0) is 50.3 Å². The Bertz CT molecular complexity index is 426. The fraction of sp³-hybridized carbons (Fsp3) is 0.500. The zero-order valence-corrected chi connectivity index (χ0v) is 10.6. The third kappa shape index (κ3) is 3.23. The van der Waals surface area contributed by atoms with E-state index in [1.54, 1.807) is 12.1 Å². The third-order valence-electron chi connectivity index (χ3n) is 3.49. The summed E-state index contributed by atoms with van der Waals surface area (Å²) in [6.45, 7) is 1.87. The maximum atomic E-state index is 11.6. The molecule has 2 rings (SSSR count). The topological polar surface area (TPSA) is 75.3 Å². The van der Waals surface area contributed by atoms with E-state index in [-0.39, 0.29) is 11.7 Å². The summed E-state index contributed by atoms with van der Waals surface area (Å²) >= 11 is 0. The average Bonchev–Trinajstić information content (AvgIpc) is 3.12. The van der Waals surface area contributed by atoms with Crippen LogP contribution in [0.5, 0.6) is 5.75 Å². The Labute approximate surface area is 107 Å². The Morgan fingerprint density at radius 3 is 2.56 bits per heavy atom. The van der Waals surface area contributed by atoms with Crippen LogP contribution < -0.4 is 11.1 Å². The van der Waals surface area contributed by atoms with E-state index in [2.05, 4.69) is 5.32 Å². The van der Waals surface area contributed by atoms with Gasteiger partial charge in [0, 0.05) is 6.04 Å². The Balaban J connectivity index is 1.96. The van der Waals surface area contributed by atoms with Gasteiger partial charge < -0.3 is 16.2 Å². The lowest BCUT2D eigenvalue weighted by Gasteiger charge is -2.27. The average molecular weight is 248 g/mol. The molecule has 0 aromatic heterocycles. The SMILES string of the molecule is CC(CCc1ccc(O)cc1)(NC1CC1)C(N)=O. The number of carbonyl (C=O) groups excluding carboxylic acids is 1. The Morgan fingerprint density at radius 2 is 2.06 bits per heavy atom. The lowest BCUT2D eigenvalue weighted by atomic mass is 9.92. The minimum Gasteiger partial charge on any atom is -0.508 e. The zero-order valence-electron chi connectivity index (χ0n) is 10.6. The summed E-state index contributed by atoms with van der Waals surface area (Å²) in [4.78, 5) is 11.6. The second-order valence-electron chi connectivity index (χ2n) is 5.28. The van der Waals surface area contributed by atoms with Crippen molar-refractivity contribution in [2.24, 2.45) is 5.73 Å². The molecule has 4 nitrogen and oxygen atoms in total. The van der Waals surface area contributed by atoms with Crippen molar-refractivity contribution in [3.63, 3.8) is 0 Å². The van der Waals surface area contributed by atoms with Gasteiger partial charge in [0.1, 0.15) is 5.75 Å². The summed E-state index contributed by atoms with van der Waals surface area (Å²) in [6, 6.07) is 7.50. The van der Waals surface area contributed by atoms with Crippen molar-refractivity contribution in [3.8, 4) is 5.75 Å². The number of nitrogens with one attached hydrogen (secondary N) is 1. The van der Waals surface area contributed by atoms with Crippen LogP contribution in [0, 0.1) is 0 Å². The number of nitrogens with two attached hydrogens (primary N) is 1. The van der Waals surface area contributed by atoms with Crippen molar-refractivity contribution < 1.29 is 9.90 Å². The normalized spacial score (nSPS) is 18.3. The summed E-state index contributed by atoms with van der Waals surface area (Å²) in [7, 11) is 0. The van der Waals surface area contributed by atoms with Gasteiger partial charge in [-0.1, -0.05) is 12.1 Å². The molecule has 0 saturated heterocycles. The van der Waals surface area contributed by atoms with Crippen LogP contribution in [0.15, 0.2) is 24.3 Å². The molecule has 4 N–H and O–H groups in total. The lowest BCUT2D eigenvalue weighted by Crippen LogP contribution is -2.54. The summed E-state index contributed by atoms with van der Waals surface area (Å²) in [5.41, 5.74) is 5.95. The molecule has 1 fully saturated rings. The monoisotopic (exact) mass is 248 g/mol. The number of aryl methyl sites for hydroxylation is 1. The number of rotatable bonds is 6. The fourth-order valence-corrected chi connectivity index (χ4v) is 2.00. The van der Waals surface area contributed by atoms with Gasteiger partial charge in [0.15, 0.2) is 0 Å². The largest absolute Gasteiger partial charge is 0.508 e. The molecule has 1 aliphatic carbocycles. The predicted molar refractivity (Wildman–Crippen MR) is 70.2 cm³/mol. The highest BCUT2D eigenvalue weighted by atomic mass is 16.3. The van der Waals surface area contributed by atoms with E-state index in [1.165, 1.54) is 0 Å². The molecule has 1 amide bonds. The van der Waals surface area contributed by atoms with Gasteiger partial charge in [-0.3, -0.25) is 4.79 Å². The summed E-state index contributed by atoms with van der Waals surface area (Å²) in [5, 5.41) is 12.5. The number of amides is 1. The number of hydrogen-bond donors (Lipinski definition) is 3. The molecule has 1 aromatic carbocycles. The smallest absolute Gasteiger partial charge is 0.237 e. The number of phenols is 1. The molecule has 0 heterocycles. The molecule has 0 bridgehead atoms. The molecule has 1 aromatic rings. The molecule has 1 unspecified atom stereocenters. The van der Waals surface area contributed by atoms with E-state index >= 15 is 0 Å². The first kappa shape index (κ1) is 12.9. The first-order valence-electron chi connectivity index (χ1n) is 6.35. The molecular weight excluding hydrogens is 228 g/mol. The summed E-state index contributed by atoms with van der Waals surface area (Å²) in [6.07, 6.45) is 3.69. The van der Waals surface area contributed by atoms with Gasteiger partial charge in [-0.25, -0.2) is 0 Å². The number of hydrogen-bond acceptors (Lipinski definition) is 3. The standard InChI is InChI=1S/C14H20N2O2/c1-14(13(15)18,16-11-4-5-11)9-8-10-2-6-12(17)7-3-10/h2-3,6-7,11,16-17H,4-5,8-9H2,1H3,(H2,15,18). The van der Waals surface area contributed by atoms with E-state index in [9.17, 15) is 9.90 Å². The number of benzene rings is 1. The third-order valence-corrected chi connectivity index (χ3v) is 3.49. The number of primary amides is 1. The predicted octanol–water partition coefficient (Wildman–Crippen LogP) is 1.32. The highest BCUT2D eigenvalue weighted by molar-refractivity contribution is 5.84. The Kier molecular flexibility index (Phi) is 3.57. The minimum atomic E-state index is -0.640. The second-order valence-corrected chi connectivity index (χ2v) is 5.28. The summed E-state index contributed by atoms with van der Waals surface area (Å²) < 4.78 is 0. The Morgan fingerprint density at radius 1 is 1.44 bits per heavy atom. The maximum Gasteiger partial charge on any atom is 0.237 e. The van der Waals surface area contributed by atoms with E-state index in [1.807, 2.05) is 19.1 Å². The maximum absolute atomic E-state index is 11.6. The van der Waals surface area contributed by atoms with Crippen molar-refractivity contribution in [2.75, 3.05) is 0 Å². The molecule has 1 saturated carbocycles.